The molecular weight excluding hydrogens is 153 g/mol. The molecule has 0 bridgehead atoms. The second kappa shape index (κ2) is 90.1. The van der Waals surface area contributed by atoms with Gasteiger partial charge in [0, 0.05) is 0 Å². The van der Waals surface area contributed by atoms with Crippen molar-refractivity contribution in [3.63, 3.8) is 0 Å². The van der Waals surface area contributed by atoms with Gasteiger partial charge in [-0.25, -0.2) is 0 Å². The Labute approximate surface area is 52.0 Å². The van der Waals surface area contributed by atoms with Crippen LogP contribution in [0.4, 0.5) is 0 Å². The van der Waals surface area contributed by atoms with E-state index in [4.69, 9.17) is 10.2 Å². The van der Waals surface area contributed by atoms with Gasteiger partial charge in [-0.1, -0.05) is 0 Å². The molecule has 3 heteroatoms. The normalized spacial score (nSPS) is 3.14. The van der Waals surface area contributed by atoms with Gasteiger partial charge in [0.05, 0.1) is 0 Å². The molecule has 0 saturated heterocycles. The summed E-state index contributed by atoms with van der Waals surface area (Å²) in [5.41, 5.74) is 0. The second-order valence-electron chi connectivity index (χ2n) is 0.500. The molecular formula is C4H12GeO2. The van der Waals surface area contributed by atoms with Crippen LogP contribution in [0.3, 0.4) is 0 Å². The maximum atomic E-state index is 8.25. The predicted molar refractivity (Wildman–Crippen MR) is 29.3 cm³/mol. The topological polar surface area (TPSA) is 46.1 Å². The van der Waals surface area contributed by atoms with E-state index in [0.717, 1.165) is 14.2 Å². The van der Waals surface area contributed by atoms with Crippen LogP contribution in [-0.2, 0) is 0 Å². The minimum atomic E-state index is 0.500. The molecule has 44 valence electrons. The van der Waals surface area contributed by atoms with E-state index in [9.17, 15) is 0 Å². The van der Waals surface area contributed by atoms with Crippen LogP contribution in [0, 0.1) is 0 Å². The van der Waals surface area contributed by atoms with E-state index in [1.54, 1.807) is 0 Å². The third kappa shape index (κ3) is 601. The fourth-order valence-electron chi connectivity index (χ4n) is 0. The van der Waals surface area contributed by atoms with Gasteiger partial charge in [-0.15, -0.1) is 0 Å². The van der Waals surface area contributed by atoms with Crippen LogP contribution in [0.2, 0.25) is 11.5 Å². The summed E-state index contributed by atoms with van der Waals surface area (Å²) in [4.78, 5) is 0. The summed E-state index contributed by atoms with van der Waals surface area (Å²) in [6.45, 7) is 0. The molecule has 0 fully saturated rings. The van der Waals surface area contributed by atoms with E-state index in [0.29, 0.717) is 15.4 Å². The molecule has 0 spiro atoms. The van der Waals surface area contributed by atoms with Gasteiger partial charge < -0.3 is 10.2 Å². The summed E-state index contributed by atoms with van der Waals surface area (Å²) in [5.74, 6) is 4.50. The molecule has 0 amide bonds. The first-order valence-electron chi connectivity index (χ1n) is 1.82. The monoisotopic (exact) mass is 166 g/mol. The van der Waals surface area contributed by atoms with Crippen LogP contribution in [-0.4, -0.2) is 29.7 Å². The predicted octanol–water partition coefficient (Wildman–Crippen LogP) is -1.26. The van der Waals surface area contributed by atoms with Crippen LogP contribution in [0.25, 0.3) is 0 Å². The molecule has 0 N–H and O–H groups in total. The van der Waals surface area contributed by atoms with Crippen molar-refractivity contribution in [3.05, 3.63) is 0 Å². The van der Waals surface area contributed by atoms with Crippen molar-refractivity contribution in [1.82, 2.24) is 0 Å². The quantitative estimate of drug-likeness (QED) is 0.420. The van der Waals surface area contributed by atoms with Gasteiger partial charge in [0.2, 0.25) is 0 Å². The molecule has 7 heavy (non-hydrogen) atoms. The first-order valence-corrected chi connectivity index (χ1v) is 6.01. The summed E-state index contributed by atoms with van der Waals surface area (Å²) < 4.78 is 0. The van der Waals surface area contributed by atoms with Gasteiger partial charge in [-0.3, -0.25) is 0 Å². The molecule has 0 unspecified atom stereocenters. The van der Waals surface area contributed by atoms with Crippen molar-refractivity contribution in [3.8, 4) is 0 Å². The third-order valence-corrected chi connectivity index (χ3v) is 0. The Morgan fingerprint density at radius 1 is 0.857 bits per heavy atom. The van der Waals surface area contributed by atoms with E-state index in [-0.39, 0.29) is 0 Å². The van der Waals surface area contributed by atoms with Crippen LogP contribution >= 0.6 is 0 Å². The number of hydrogen-bond acceptors (Lipinski definition) is 2. The van der Waals surface area contributed by atoms with E-state index < -0.39 is 0 Å². The molecule has 0 aromatic heterocycles. The minimum absolute atomic E-state index is 0.500. The van der Waals surface area contributed by atoms with E-state index in [1.807, 2.05) is 0 Å². The van der Waals surface area contributed by atoms with Crippen molar-refractivity contribution in [2.45, 2.75) is 11.5 Å². The van der Waals surface area contributed by atoms with Crippen molar-refractivity contribution in [2.24, 2.45) is 0 Å². The molecule has 0 radical (unpaired) electrons. The van der Waals surface area contributed by atoms with Crippen LogP contribution in [0.5, 0.6) is 0 Å². The molecule has 0 saturated carbocycles. The number of rotatable bonds is 0. The first-order chi connectivity index (χ1) is 3.41. The molecule has 2 nitrogen and oxygen atoms in total. The Bertz CT molecular complexity index is 9.65. The summed E-state index contributed by atoms with van der Waals surface area (Å²) in [5, 5.41) is 16.5. The van der Waals surface area contributed by atoms with Gasteiger partial charge in [0.15, 0.2) is 0 Å². The average Bonchev–Trinajstić information content (AvgIpc) is 1.78. The van der Waals surface area contributed by atoms with Crippen LogP contribution in [0.15, 0.2) is 0 Å². The zero-order valence-electron chi connectivity index (χ0n) is 5.32. The Morgan fingerprint density at radius 2 is 0.857 bits per heavy atom. The van der Waals surface area contributed by atoms with Gasteiger partial charge in [0.1, 0.15) is 0 Å². The summed E-state index contributed by atoms with van der Waals surface area (Å²) >= 11 is 0.500. The van der Waals surface area contributed by atoms with Gasteiger partial charge >= 0.3 is 26.9 Å². The van der Waals surface area contributed by atoms with Gasteiger partial charge in [-0.05, 0) is 0 Å². The van der Waals surface area contributed by atoms with E-state index in [2.05, 4.69) is 11.5 Å². The number of hydrogen-bond donors (Lipinski definition) is 0. The molecule has 0 heterocycles. The Morgan fingerprint density at radius 3 is 0.857 bits per heavy atom. The fraction of sp³-hybridized carbons (Fsp3) is 1.00. The van der Waals surface area contributed by atoms with E-state index in [1.165, 1.54) is 0 Å². The summed E-state index contributed by atoms with van der Waals surface area (Å²) in [6.07, 6.45) is 0. The van der Waals surface area contributed by atoms with Gasteiger partial charge in [-0.2, -0.15) is 14.2 Å². The molecule has 0 rings (SSSR count). The molecule has 0 atom stereocenters. The molecule has 0 aliphatic rings. The molecule has 0 aromatic carbocycles. The molecule has 0 aliphatic carbocycles. The van der Waals surface area contributed by atoms with Crippen molar-refractivity contribution in [1.29, 1.82) is 0 Å². The standard InChI is InChI=1S/C2H6Ge.2CH3O/c1-3-2;2*1-2/h1-2H3;2*1H3/q+2;2*-1. The van der Waals surface area contributed by atoms with Crippen LogP contribution < -0.4 is 10.2 Å². The molecule has 0 aliphatic heterocycles. The summed E-state index contributed by atoms with van der Waals surface area (Å²) in [7, 11) is 1.50. The zero-order valence-corrected chi connectivity index (χ0v) is 7.41. The summed E-state index contributed by atoms with van der Waals surface area (Å²) in [6, 6.07) is 0. The Hall–Kier alpha value is 0.463. The van der Waals surface area contributed by atoms with Crippen molar-refractivity contribution < 1.29 is 10.2 Å². The van der Waals surface area contributed by atoms with Gasteiger partial charge in [0.25, 0.3) is 0 Å². The van der Waals surface area contributed by atoms with Crippen LogP contribution in [0.1, 0.15) is 0 Å². The van der Waals surface area contributed by atoms with Crippen molar-refractivity contribution >= 4 is 15.4 Å². The average molecular weight is 165 g/mol. The second-order valence-corrected chi connectivity index (χ2v) is 2.60. The molecule has 0 aromatic rings. The fourth-order valence-corrected chi connectivity index (χ4v) is 0. The third-order valence-electron chi connectivity index (χ3n) is 0. The maximum absolute atomic E-state index is 8.25. The SMILES string of the molecule is C[O-].C[O-].[CH3][Ge+2][CH3]. The van der Waals surface area contributed by atoms with E-state index >= 15 is 0 Å². The first kappa shape index (κ1) is 15.7. The zero-order chi connectivity index (χ0) is 6.71. The Kier molecular flexibility index (Phi) is 202. The van der Waals surface area contributed by atoms with Crippen molar-refractivity contribution in [2.75, 3.05) is 14.2 Å². The Balaban J connectivity index is -0.0000000360.